The Balaban J connectivity index is 1.89. The van der Waals surface area contributed by atoms with Crippen LogP contribution in [0.3, 0.4) is 0 Å². The van der Waals surface area contributed by atoms with E-state index in [4.69, 9.17) is 16.3 Å². The Morgan fingerprint density at radius 3 is 2.57 bits per heavy atom. The van der Waals surface area contributed by atoms with Gasteiger partial charge in [-0.1, -0.05) is 35.9 Å². The van der Waals surface area contributed by atoms with Crippen LogP contribution in [0, 0.1) is 0 Å². The molecule has 3 nitrogen and oxygen atoms in total. The van der Waals surface area contributed by atoms with Crippen LogP contribution in [-0.4, -0.2) is 11.6 Å². The van der Waals surface area contributed by atoms with Crippen LogP contribution < -0.4 is 5.32 Å². The van der Waals surface area contributed by atoms with E-state index >= 15 is 0 Å². The van der Waals surface area contributed by atoms with Gasteiger partial charge < -0.3 is 10.1 Å². The van der Waals surface area contributed by atoms with Crippen LogP contribution in [0.5, 0.6) is 0 Å². The summed E-state index contributed by atoms with van der Waals surface area (Å²) in [5.41, 5.74) is 3.51. The Morgan fingerprint density at radius 1 is 1.19 bits per heavy atom. The van der Waals surface area contributed by atoms with Crippen LogP contribution >= 0.6 is 11.6 Å². The SMILES string of the molecule is CCOCc1ccc(CNC(C)c2ccncc2Cl)cc1. The van der Waals surface area contributed by atoms with E-state index in [-0.39, 0.29) is 6.04 Å². The predicted molar refractivity (Wildman–Crippen MR) is 86.3 cm³/mol. The molecule has 1 aromatic carbocycles. The van der Waals surface area contributed by atoms with E-state index in [1.807, 2.05) is 13.0 Å². The number of ether oxygens (including phenoxy) is 1. The van der Waals surface area contributed by atoms with Crippen LogP contribution in [0.25, 0.3) is 0 Å². The van der Waals surface area contributed by atoms with Gasteiger partial charge in [0.05, 0.1) is 11.6 Å². The molecule has 1 N–H and O–H groups in total. The summed E-state index contributed by atoms with van der Waals surface area (Å²) in [7, 11) is 0. The molecule has 0 spiro atoms. The Bertz CT molecular complexity index is 557. The van der Waals surface area contributed by atoms with E-state index in [9.17, 15) is 0 Å². The molecule has 1 unspecified atom stereocenters. The fourth-order valence-corrected chi connectivity index (χ4v) is 2.37. The maximum atomic E-state index is 6.15. The van der Waals surface area contributed by atoms with Crippen molar-refractivity contribution < 1.29 is 4.74 Å². The number of rotatable bonds is 7. The molecule has 4 heteroatoms. The lowest BCUT2D eigenvalue weighted by atomic mass is 10.1. The second-order valence-corrected chi connectivity index (χ2v) is 5.36. The summed E-state index contributed by atoms with van der Waals surface area (Å²) in [6.07, 6.45) is 3.44. The van der Waals surface area contributed by atoms with Gasteiger partial charge in [0.1, 0.15) is 0 Å². The van der Waals surface area contributed by atoms with Crippen molar-refractivity contribution in [2.45, 2.75) is 33.0 Å². The number of hydrogen-bond donors (Lipinski definition) is 1. The van der Waals surface area contributed by atoms with Gasteiger partial charge in [-0.15, -0.1) is 0 Å². The van der Waals surface area contributed by atoms with Crippen molar-refractivity contribution in [1.82, 2.24) is 10.3 Å². The average molecular weight is 305 g/mol. The highest BCUT2D eigenvalue weighted by Crippen LogP contribution is 2.21. The summed E-state index contributed by atoms with van der Waals surface area (Å²) in [6.45, 7) is 6.32. The molecule has 0 amide bonds. The van der Waals surface area contributed by atoms with Gasteiger partial charge in [0, 0.05) is 31.6 Å². The van der Waals surface area contributed by atoms with Gasteiger partial charge in [0.2, 0.25) is 0 Å². The molecule has 0 aliphatic rings. The molecule has 0 aliphatic heterocycles. The van der Waals surface area contributed by atoms with Crippen molar-refractivity contribution in [1.29, 1.82) is 0 Å². The summed E-state index contributed by atoms with van der Waals surface area (Å²) in [5, 5.41) is 4.17. The van der Waals surface area contributed by atoms with E-state index in [0.29, 0.717) is 11.6 Å². The first-order valence-electron chi connectivity index (χ1n) is 7.19. The van der Waals surface area contributed by atoms with E-state index in [2.05, 4.69) is 41.5 Å². The zero-order chi connectivity index (χ0) is 15.1. The molecule has 1 heterocycles. The van der Waals surface area contributed by atoms with Gasteiger partial charge in [-0.3, -0.25) is 4.98 Å². The van der Waals surface area contributed by atoms with Crippen molar-refractivity contribution in [2.24, 2.45) is 0 Å². The summed E-state index contributed by atoms with van der Waals surface area (Å²) in [6, 6.07) is 10.6. The van der Waals surface area contributed by atoms with Crippen molar-refractivity contribution in [3.8, 4) is 0 Å². The molecule has 0 aliphatic carbocycles. The Morgan fingerprint density at radius 2 is 1.90 bits per heavy atom. The number of nitrogens with one attached hydrogen (secondary N) is 1. The standard InChI is InChI=1S/C17H21ClN2O/c1-3-21-12-15-6-4-14(5-7-15)10-20-13(2)16-8-9-19-11-17(16)18/h4-9,11,13,20H,3,10,12H2,1-2H3. The Labute approximate surface area is 131 Å². The maximum absolute atomic E-state index is 6.15. The second-order valence-electron chi connectivity index (χ2n) is 4.95. The summed E-state index contributed by atoms with van der Waals surface area (Å²) in [5.74, 6) is 0. The molecular weight excluding hydrogens is 284 g/mol. The minimum absolute atomic E-state index is 0.184. The predicted octanol–water partition coefficient (Wildman–Crippen LogP) is 4.12. The number of halogens is 1. The topological polar surface area (TPSA) is 34.1 Å². The first-order chi connectivity index (χ1) is 10.2. The van der Waals surface area contributed by atoms with Gasteiger partial charge >= 0.3 is 0 Å². The van der Waals surface area contributed by atoms with E-state index in [1.54, 1.807) is 12.4 Å². The summed E-state index contributed by atoms with van der Waals surface area (Å²) in [4.78, 5) is 4.01. The lowest BCUT2D eigenvalue weighted by Crippen LogP contribution is -2.18. The van der Waals surface area contributed by atoms with Gasteiger partial charge in [-0.2, -0.15) is 0 Å². The van der Waals surface area contributed by atoms with E-state index in [0.717, 1.165) is 18.7 Å². The van der Waals surface area contributed by atoms with Gasteiger partial charge in [-0.05, 0) is 36.6 Å². The highest BCUT2D eigenvalue weighted by Gasteiger charge is 2.08. The summed E-state index contributed by atoms with van der Waals surface area (Å²) >= 11 is 6.15. The molecule has 0 radical (unpaired) electrons. The molecule has 2 rings (SSSR count). The minimum atomic E-state index is 0.184. The third-order valence-electron chi connectivity index (χ3n) is 3.38. The lowest BCUT2D eigenvalue weighted by molar-refractivity contribution is 0.134. The molecule has 0 fully saturated rings. The molecule has 0 saturated carbocycles. The molecule has 2 aromatic rings. The van der Waals surface area contributed by atoms with E-state index < -0.39 is 0 Å². The highest BCUT2D eigenvalue weighted by atomic mass is 35.5. The number of aromatic nitrogens is 1. The number of benzene rings is 1. The van der Waals surface area contributed by atoms with Crippen molar-refractivity contribution in [3.63, 3.8) is 0 Å². The third kappa shape index (κ3) is 4.81. The number of pyridine rings is 1. The first-order valence-corrected chi connectivity index (χ1v) is 7.57. The number of nitrogens with zero attached hydrogens (tertiary/aromatic N) is 1. The fourth-order valence-electron chi connectivity index (χ4n) is 2.09. The van der Waals surface area contributed by atoms with Gasteiger partial charge in [0.15, 0.2) is 0 Å². The van der Waals surface area contributed by atoms with Crippen LogP contribution in [0.2, 0.25) is 5.02 Å². The normalized spacial score (nSPS) is 12.3. The molecule has 0 bridgehead atoms. The smallest absolute Gasteiger partial charge is 0.0716 e. The monoisotopic (exact) mass is 304 g/mol. The molecule has 1 atom stereocenters. The van der Waals surface area contributed by atoms with Crippen molar-refractivity contribution in [3.05, 3.63) is 64.4 Å². The molecule has 21 heavy (non-hydrogen) atoms. The van der Waals surface area contributed by atoms with Crippen LogP contribution in [-0.2, 0) is 17.9 Å². The molecular formula is C17H21ClN2O. The van der Waals surface area contributed by atoms with Crippen molar-refractivity contribution in [2.75, 3.05) is 6.61 Å². The Hall–Kier alpha value is -1.42. The van der Waals surface area contributed by atoms with Crippen LogP contribution in [0.1, 0.15) is 36.6 Å². The third-order valence-corrected chi connectivity index (χ3v) is 3.69. The van der Waals surface area contributed by atoms with E-state index in [1.165, 1.54) is 11.1 Å². The maximum Gasteiger partial charge on any atom is 0.0716 e. The molecule has 1 aromatic heterocycles. The van der Waals surface area contributed by atoms with Gasteiger partial charge in [-0.25, -0.2) is 0 Å². The minimum Gasteiger partial charge on any atom is -0.377 e. The zero-order valence-corrected chi connectivity index (χ0v) is 13.2. The zero-order valence-electron chi connectivity index (χ0n) is 12.5. The average Bonchev–Trinajstić information content (AvgIpc) is 2.52. The molecule has 112 valence electrons. The quantitative estimate of drug-likeness (QED) is 0.835. The second kappa shape index (κ2) is 8.13. The summed E-state index contributed by atoms with van der Waals surface area (Å²) < 4.78 is 5.39. The van der Waals surface area contributed by atoms with Crippen LogP contribution in [0.15, 0.2) is 42.7 Å². The lowest BCUT2D eigenvalue weighted by Gasteiger charge is -2.15. The molecule has 0 saturated heterocycles. The number of hydrogen-bond acceptors (Lipinski definition) is 3. The highest BCUT2D eigenvalue weighted by molar-refractivity contribution is 6.31. The Kier molecular flexibility index (Phi) is 6.18. The first kappa shape index (κ1) is 16.0. The van der Waals surface area contributed by atoms with Crippen LogP contribution in [0.4, 0.5) is 0 Å². The van der Waals surface area contributed by atoms with Crippen molar-refractivity contribution >= 4 is 11.6 Å². The largest absolute Gasteiger partial charge is 0.377 e. The fraction of sp³-hybridized carbons (Fsp3) is 0.353. The van der Waals surface area contributed by atoms with Gasteiger partial charge in [0.25, 0.3) is 0 Å².